The molecule has 1 amide bonds. The Labute approximate surface area is 197 Å². The number of rotatable bonds is 8. The molecule has 0 spiro atoms. The molecule has 1 N–H and O–H groups in total. The minimum Gasteiger partial charge on any atom is -0.497 e. The fourth-order valence-corrected chi connectivity index (χ4v) is 4.44. The van der Waals surface area contributed by atoms with E-state index < -0.39 is 6.04 Å². The third-order valence-corrected chi connectivity index (χ3v) is 6.19. The Bertz CT molecular complexity index is 1210. The minimum atomic E-state index is -0.455. The van der Waals surface area contributed by atoms with Crippen LogP contribution in [-0.4, -0.2) is 29.0 Å². The summed E-state index contributed by atoms with van der Waals surface area (Å²) in [5.41, 5.74) is 4.91. The van der Waals surface area contributed by atoms with Crippen molar-refractivity contribution in [3.8, 4) is 17.0 Å². The van der Waals surface area contributed by atoms with E-state index in [9.17, 15) is 4.79 Å². The van der Waals surface area contributed by atoms with Gasteiger partial charge in [0.2, 0.25) is 5.91 Å². The number of hydrogen-bond acceptors (Lipinski definition) is 6. The molecular formula is C26H26N4O2S. The first-order valence-electron chi connectivity index (χ1n) is 10.7. The van der Waals surface area contributed by atoms with E-state index in [4.69, 9.17) is 9.72 Å². The van der Waals surface area contributed by atoms with E-state index in [1.54, 1.807) is 19.5 Å². The first kappa shape index (κ1) is 22.5. The number of thiazole rings is 1. The quantitative estimate of drug-likeness (QED) is 0.385. The highest BCUT2D eigenvalue weighted by atomic mass is 32.1. The maximum atomic E-state index is 13.1. The molecule has 0 radical (unpaired) electrons. The monoisotopic (exact) mass is 458 g/mol. The molecule has 0 fully saturated rings. The van der Waals surface area contributed by atoms with Gasteiger partial charge in [0, 0.05) is 35.6 Å². The Morgan fingerprint density at radius 1 is 1.12 bits per heavy atom. The van der Waals surface area contributed by atoms with Gasteiger partial charge in [-0.25, -0.2) is 4.98 Å². The summed E-state index contributed by atoms with van der Waals surface area (Å²) in [6, 6.07) is 19.3. The Morgan fingerprint density at radius 3 is 2.58 bits per heavy atom. The fourth-order valence-electron chi connectivity index (χ4n) is 3.50. The lowest BCUT2D eigenvalue weighted by atomic mass is 10.1. The van der Waals surface area contributed by atoms with Crippen molar-refractivity contribution in [1.82, 2.24) is 15.3 Å². The highest BCUT2D eigenvalue weighted by molar-refractivity contribution is 7.14. The maximum Gasteiger partial charge on any atom is 0.243 e. The second-order valence-corrected chi connectivity index (χ2v) is 8.54. The van der Waals surface area contributed by atoms with Gasteiger partial charge in [-0.3, -0.25) is 9.78 Å². The summed E-state index contributed by atoms with van der Waals surface area (Å²) in [7, 11) is 1.65. The van der Waals surface area contributed by atoms with E-state index in [1.807, 2.05) is 78.7 Å². The summed E-state index contributed by atoms with van der Waals surface area (Å²) in [6.07, 6.45) is 3.44. The number of amides is 1. The summed E-state index contributed by atoms with van der Waals surface area (Å²) in [4.78, 5) is 24.0. The molecule has 168 valence electrons. The van der Waals surface area contributed by atoms with Crippen LogP contribution in [0.4, 0.5) is 10.8 Å². The lowest BCUT2D eigenvalue weighted by Crippen LogP contribution is -2.42. The molecule has 0 unspecified atom stereocenters. The third kappa shape index (κ3) is 5.38. The lowest BCUT2D eigenvalue weighted by Gasteiger charge is -2.28. The zero-order valence-electron chi connectivity index (χ0n) is 18.9. The normalized spacial score (nSPS) is 11.6. The van der Waals surface area contributed by atoms with Gasteiger partial charge in [-0.15, -0.1) is 11.3 Å². The van der Waals surface area contributed by atoms with Crippen LogP contribution in [0.1, 0.15) is 18.1 Å². The molecule has 4 rings (SSSR count). The zero-order valence-corrected chi connectivity index (χ0v) is 19.7. The van der Waals surface area contributed by atoms with Crippen LogP contribution in [-0.2, 0) is 11.3 Å². The molecule has 0 bridgehead atoms. The number of aryl methyl sites for hydroxylation is 1. The number of nitrogens with one attached hydrogen (secondary N) is 1. The second kappa shape index (κ2) is 10.3. The first-order valence-corrected chi connectivity index (χ1v) is 11.6. The molecule has 2 aromatic carbocycles. The summed E-state index contributed by atoms with van der Waals surface area (Å²) < 4.78 is 5.26. The Balaban J connectivity index is 1.61. The van der Waals surface area contributed by atoms with Gasteiger partial charge in [-0.2, -0.15) is 0 Å². The molecule has 4 aromatic rings. The summed E-state index contributed by atoms with van der Waals surface area (Å²) in [6.45, 7) is 4.39. The summed E-state index contributed by atoms with van der Waals surface area (Å²) in [5.74, 6) is 0.726. The molecule has 2 heterocycles. The van der Waals surface area contributed by atoms with Crippen LogP contribution in [0.15, 0.2) is 78.4 Å². The van der Waals surface area contributed by atoms with E-state index in [2.05, 4.69) is 16.4 Å². The molecular weight excluding hydrogens is 432 g/mol. The second-order valence-electron chi connectivity index (χ2n) is 7.70. The average Bonchev–Trinajstić information content (AvgIpc) is 3.33. The van der Waals surface area contributed by atoms with Crippen molar-refractivity contribution in [2.45, 2.75) is 26.4 Å². The number of aromatic nitrogens is 2. The van der Waals surface area contributed by atoms with Crippen molar-refractivity contribution in [3.63, 3.8) is 0 Å². The van der Waals surface area contributed by atoms with Gasteiger partial charge >= 0.3 is 0 Å². The number of benzene rings is 2. The van der Waals surface area contributed by atoms with Crippen LogP contribution in [0.25, 0.3) is 11.3 Å². The molecule has 0 aliphatic rings. The molecule has 33 heavy (non-hydrogen) atoms. The topological polar surface area (TPSA) is 67.3 Å². The fraction of sp³-hybridized carbons (Fsp3) is 0.192. The van der Waals surface area contributed by atoms with Crippen LogP contribution in [0.3, 0.4) is 0 Å². The molecule has 0 saturated carbocycles. The number of anilines is 2. The Morgan fingerprint density at radius 2 is 1.88 bits per heavy atom. The number of ether oxygens (including phenoxy) is 1. The van der Waals surface area contributed by atoms with Crippen molar-refractivity contribution < 1.29 is 9.53 Å². The molecule has 7 heteroatoms. The van der Waals surface area contributed by atoms with E-state index in [1.165, 1.54) is 11.3 Å². The van der Waals surface area contributed by atoms with Gasteiger partial charge in [0.25, 0.3) is 0 Å². The largest absolute Gasteiger partial charge is 0.497 e. The highest BCUT2D eigenvalue weighted by Crippen LogP contribution is 2.34. The standard InChI is InChI=1S/C26H26N4O2S/c1-18-5-4-6-22(15-18)30(19(2)25(31)28-16-20-11-13-27-14-12-20)26-29-24(17-33-26)21-7-9-23(32-3)10-8-21/h4-15,17,19H,16H2,1-3H3,(H,28,31)/t19-/m1/s1. The van der Waals surface area contributed by atoms with Crippen molar-refractivity contribution in [1.29, 1.82) is 0 Å². The highest BCUT2D eigenvalue weighted by Gasteiger charge is 2.26. The van der Waals surface area contributed by atoms with Crippen LogP contribution in [0, 0.1) is 6.92 Å². The van der Waals surface area contributed by atoms with Gasteiger partial charge < -0.3 is 15.0 Å². The summed E-state index contributed by atoms with van der Waals surface area (Å²) >= 11 is 1.52. The summed E-state index contributed by atoms with van der Waals surface area (Å²) in [5, 5.41) is 5.82. The number of hydrogen-bond donors (Lipinski definition) is 1. The number of carbonyl (C=O) groups is 1. The molecule has 0 aliphatic carbocycles. The Hall–Kier alpha value is -3.71. The van der Waals surface area contributed by atoms with Gasteiger partial charge in [0.15, 0.2) is 5.13 Å². The number of nitrogens with zero attached hydrogens (tertiary/aromatic N) is 3. The number of methoxy groups -OCH3 is 1. The average molecular weight is 459 g/mol. The number of carbonyl (C=O) groups excluding carboxylic acids is 1. The molecule has 0 aliphatic heterocycles. The maximum absolute atomic E-state index is 13.1. The molecule has 2 aromatic heterocycles. The predicted octanol–water partition coefficient (Wildman–Crippen LogP) is 5.37. The van der Waals surface area contributed by atoms with Crippen LogP contribution in [0.2, 0.25) is 0 Å². The lowest BCUT2D eigenvalue weighted by molar-refractivity contribution is -0.122. The smallest absolute Gasteiger partial charge is 0.243 e. The molecule has 1 atom stereocenters. The van der Waals surface area contributed by atoms with Crippen LogP contribution < -0.4 is 15.0 Å². The predicted molar refractivity (Wildman–Crippen MR) is 133 cm³/mol. The van der Waals surface area contributed by atoms with Gasteiger partial charge in [0.05, 0.1) is 12.8 Å². The van der Waals surface area contributed by atoms with E-state index in [0.717, 1.165) is 39.0 Å². The van der Waals surface area contributed by atoms with Crippen molar-refractivity contribution >= 4 is 28.1 Å². The first-order chi connectivity index (χ1) is 16.0. The van der Waals surface area contributed by atoms with Crippen molar-refractivity contribution in [3.05, 3.63) is 89.6 Å². The SMILES string of the molecule is COc1ccc(-c2csc(N(c3cccc(C)c3)[C@H](C)C(=O)NCc3ccncc3)n2)cc1. The third-order valence-electron chi connectivity index (χ3n) is 5.35. The van der Waals surface area contributed by atoms with Gasteiger partial charge in [-0.1, -0.05) is 12.1 Å². The molecule has 0 saturated heterocycles. The van der Waals surface area contributed by atoms with E-state index in [-0.39, 0.29) is 5.91 Å². The van der Waals surface area contributed by atoms with E-state index >= 15 is 0 Å². The van der Waals surface area contributed by atoms with Gasteiger partial charge in [0.1, 0.15) is 11.8 Å². The minimum absolute atomic E-state index is 0.0745. The van der Waals surface area contributed by atoms with Crippen LogP contribution >= 0.6 is 11.3 Å². The van der Waals surface area contributed by atoms with Crippen molar-refractivity contribution in [2.24, 2.45) is 0 Å². The Kier molecular flexibility index (Phi) is 7.00. The van der Waals surface area contributed by atoms with Crippen molar-refractivity contribution in [2.75, 3.05) is 12.0 Å². The van der Waals surface area contributed by atoms with Gasteiger partial charge in [-0.05, 0) is 73.5 Å². The zero-order chi connectivity index (χ0) is 23.2. The van der Waals surface area contributed by atoms with Crippen LogP contribution in [0.5, 0.6) is 5.75 Å². The molecule has 6 nitrogen and oxygen atoms in total. The van der Waals surface area contributed by atoms with E-state index in [0.29, 0.717) is 6.54 Å². The number of pyridine rings is 1.